The highest BCUT2D eigenvalue weighted by Crippen LogP contribution is 2.17. The van der Waals surface area contributed by atoms with E-state index in [0.29, 0.717) is 0 Å². The lowest BCUT2D eigenvalue weighted by Crippen LogP contribution is -2.48. The zero-order valence-corrected chi connectivity index (χ0v) is 5.97. The van der Waals surface area contributed by atoms with Crippen molar-refractivity contribution < 1.29 is 10.2 Å². The minimum Gasteiger partial charge on any atom is -0.387 e. The largest absolute Gasteiger partial charge is 0.387 e. The van der Waals surface area contributed by atoms with E-state index in [4.69, 9.17) is 15.6 Å². The maximum absolute atomic E-state index is 9.17. The molecule has 3 nitrogen and oxygen atoms in total. The van der Waals surface area contributed by atoms with Crippen LogP contribution in [-0.2, 0) is 0 Å². The van der Waals surface area contributed by atoms with Gasteiger partial charge >= 0.3 is 0 Å². The third-order valence-corrected chi connectivity index (χ3v) is 1.52. The van der Waals surface area contributed by atoms with E-state index in [1.54, 1.807) is 0 Å². The van der Waals surface area contributed by atoms with Crippen LogP contribution in [0.4, 0.5) is 0 Å². The van der Waals surface area contributed by atoms with Gasteiger partial charge in [0.25, 0.3) is 0 Å². The normalized spacial score (nSPS) is 18.8. The molecule has 0 aliphatic heterocycles. The summed E-state index contributed by atoms with van der Waals surface area (Å²) in [6.07, 6.45) is 0.826. The molecule has 0 amide bonds. The van der Waals surface area contributed by atoms with Crippen molar-refractivity contribution in [1.82, 2.24) is 0 Å². The van der Waals surface area contributed by atoms with Crippen molar-refractivity contribution in [1.29, 1.82) is 5.41 Å². The van der Waals surface area contributed by atoms with Gasteiger partial charge in [-0.2, -0.15) is 0 Å². The fourth-order valence-electron chi connectivity index (χ4n) is 0.177. The summed E-state index contributed by atoms with van der Waals surface area (Å²) in [6.45, 7) is 4.30. The van der Waals surface area contributed by atoms with E-state index in [2.05, 4.69) is 0 Å². The van der Waals surface area contributed by atoms with Crippen LogP contribution in [0.2, 0.25) is 0 Å². The van der Waals surface area contributed by atoms with E-state index in [-0.39, 0.29) is 0 Å². The second-order valence-electron chi connectivity index (χ2n) is 2.85. The van der Waals surface area contributed by atoms with Crippen LogP contribution < -0.4 is 0 Å². The minimum absolute atomic E-state index is 0.826. The topological polar surface area (TPSA) is 64.3 Å². The molecule has 1 atom stereocenters. The van der Waals surface area contributed by atoms with Gasteiger partial charge in [-0.1, -0.05) is 0 Å². The van der Waals surface area contributed by atoms with Gasteiger partial charge in [-0.05, 0) is 20.8 Å². The van der Waals surface area contributed by atoms with Crippen molar-refractivity contribution in [2.24, 2.45) is 0 Å². The minimum atomic E-state index is -1.42. The van der Waals surface area contributed by atoms with Gasteiger partial charge in [0.2, 0.25) is 0 Å². The molecule has 0 aliphatic carbocycles. The van der Waals surface area contributed by atoms with E-state index in [1.165, 1.54) is 20.8 Å². The first-order chi connectivity index (χ1) is 3.81. The first-order valence-corrected chi connectivity index (χ1v) is 2.77. The van der Waals surface area contributed by atoms with E-state index < -0.39 is 11.2 Å². The van der Waals surface area contributed by atoms with E-state index in [0.717, 1.165) is 6.21 Å². The van der Waals surface area contributed by atoms with Crippen LogP contribution in [0, 0.1) is 5.41 Å². The molecule has 1 unspecified atom stereocenters. The molecular formula is C6H13NO2. The summed E-state index contributed by atoms with van der Waals surface area (Å²) in [6, 6.07) is 0. The lowest BCUT2D eigenvalue weighted by molar-refractivity contribution is -0.0727. The Morgan fingerprint density at radius 2 is 1.56 bits per heavy atom. The molecule has 0 bridgehead atoms. The van der Waals surface area contributed by atoms with Crippen molar-refractivity contribution in [3.63, 3.8) is 0 Å². The van der Waals surface area contributed by atoms with Crippen molar-refractivity contribution in [2.75, 3.05) is 0 Å². The Morgan fingerprint density at radius 1 is 1.22 bits per heavy atom. The Balaban J connectivity index is 4.32. The molecule has 0 fully saturated rings. The second-order valence-corrected chi connectivity index (χ2v) is 2.85. The van der Waals surface area contributed by atoms with Crippen LogP contribution >= 0.6 is 0 Å². The Morgan fingerprint density at radius 3 is 1.56 bits per heavy atom. The van der Waals surface area contributed by atoms with Crippen molar-refractivity contribution in [2.45, 2.75) is 32.0 Å². The summed E-state index contributed by atoms with van der Waals surface area (Å²) < 4.78 is 0. The number of hydrogen-bond donors (Lipinski definition) is 3. The highest BCUT2D eigenvalue weighted by atomic mass is 16.3. The van der Waals surface area contributed by atoms with Crippen LogP contribution in [0.5, 0.6) is 0 Å². The number of rotatable bonds is 2. The molecule has 0 saturated heterocycles. The predicted octanol–water partition coefficient (Wildman–Crippen LogP) is 0.158. The van der Waals surface area contributed by atoms with E-state index in [1.807, 2.05) is 0 Å². The van der Waals surface area contributed by atoms with E-state index >= 15 is 0 Å². The molecule has 3 N–H and O–H groups in total. The lowest BCUT2D eigenvalue weighted by Gasteiger charge is -2.31. The second kappa shape index (κ2) is 2.08. The summed E-state index contributed by atoms with van der Waals surface area (Å²) >= 11 is 0. The zero-order chi connectivity index (χ0) is 7.71. The van der Waals surface area contributed by atoms with Crippen LogP contribution in [0.15, 0.2) is 0 Å². The van der Waals surface area contributed by atoms with Crippen LogP contribution in [0.1, 0.15) is 20.8 Å². The highest BCUT2D eigenvalue weighted by molar-refractivity contribution is 5.66. The molecule has 0 saturated carbocycles. The lowest BCUT2D eigenvalue weighted by atomic mass is 9.89. The average molecular weight is 131 g/mol. The third-order valence-electron chi connectivity index (χ3n) is 1.52. The molecule has 54 valence electrons. The van der Waals surface area contributed by atoms with E-state index in [9.17, 15) is 0 Å². The Kier molecular flexibility index (Phi) is 1.98. The maximum atomic E-state index is 9.17. The number of hydrogen-bond acceptors (Lipinski definition) is 3. The van der Waals surface area contributed by atoms with Crippen molar-refractivity contribution in [3.05, 3.63) is 0 Å². The van der Waals surface area contributed by atoms with Gasteiger partial charge in [0.1, 0.15) is 5.60 Å². The molecule has 0 aromatic rings. The van der Waals surface area contributed by atoms with Crippen LogP contribution in [0.25, 0.3) is 0 Å². The van der Waals surface area contributed by atoms with Gasteiger partial charge in [-0.3, -0.25) is 0 Å². The molecule has 0 radical (unpaired) electrons. The quantitative estimate of drug-likeness (QED) is 0.467. The Labute approximate surface area is 54.8 Å². The van der Waals surface area contributed by atoms with Crippen LogP contribution in [-0.4, -0.2) is 27.6 Å². The first kappa shape index (κ1) is 8.59. The highest BCUT2D eigenvalue weighted by Gasteiger charge is 2.35. The molecular weight excluding hydrogens is 118 g/mol. The maximum Gasteiger partial charge on any atom is 0.124 e. The smallest absolute Gasteiger partial charge is 0.124 e. The summed E-state index contributed by atoms with van der Waals surface area (Å²) in [5.74, 6) is 0. The van der Waals surface area contributed by atoms with Gasteiger partial charge in [-0.15, -0.1) is 0 Å². The van der Waals surface area contributed by atoms with Gasteiger partial charge in [0, 0.05) is 6.21 Å². The molecule has 0 aromatic heterocycles. The standard InChI is InChI=1S/C6H13NO2/c1-5(2,8)6(3,9)4-7/h4,7-9H,1-3H3. The zero-order valence-electron chi connectivity index (χ0n) is 5.97. The Hall–Kier alpha value is -0.410. The average Bonchev–Trinajstić information content (AvgIpc) is 1.64. The molecule has 0 heterocycles. The van der Waals surface area contributed by atoms with Gasteiger partial charge < -0.3 is 15.6 Å². The van der Waals surface area contributed by atoms with Crippen LogP contribution in [0.3, 0.4) is 0 Å². The number of nitrogens with one attached hydrogen (secondary N) is 1. The van der Waals surface area contributed by atoms with Crippen molar-refractivity contribution in [3.8, 4) is 0 Å². The van der Waals surface area contributed by atoms with Gasteiger partial charge in [0.15, 0.2) is 0 Å². The summed E-state index contributed by atoms with van der Waals surface area (Å²) in [7, 11) is 0. The molecule has 0 aliphatic rings. The fourth-order valence-corrected chi connectivity index (χ4v) is 0.177. The number of aliphatic hydroxyl groups is 2. The summed E-state index contributed by atoms with van der Waals surface area (Å²) in [4.78, 5) is 0. The molecule has 0 rings (SSSR count). The summed E-state index contributed by atoms with van der Waals surface area (Å²) in [5, 5.41) is 25.0. The molecule has 0 spiro atoms. The third kappa shape index (κ3) is 1.77. The first-order valence-electron chi connectivity index (χ1n) is 2.77. The molecule has 3 heteroatoms. The van der Waals surface area contributed by atoms with Gasteiger partial charge in [0.05, 0.1) is 5.60 Å². The predicted molar refractivity (Wildman–Crippen MR) is 35.7 cm³/mol. The monoisotopic (exact) mass is 131 g/mol. The van der Waals surface area contributed by atoms with Crippen molar-refractivity contribution >= 4 is 6.21 Å². The van der Waals surface area contributed by atoms with Gasteiger partial charge in [-0.25, -0.2) is 0 Å². The SMILES string of the molecule is CC(C)(O)C(C)(O)C=N. The Bertz CT molecular complexity index is 113. The fraction of sp³-hybridized carbons (Fsp3) is 0.833. The molecule has 9 heavy (non-hydrogen) atoms. The summed E-state index contributed by atoms with van der Waals surface area (Å²) in [5.41, 5.74) is -2.66. The molecule has 0 aromatic carbocycles.